The maximum atomic E-state index is 8.44. The molecule has 0 saturated heterocycles. The minimum Gasteiger partial charge on any atom is -0.907 e. The van der Waals surface area contributed by atoms with E-state index in [2.05, 4.69) is 0 Å². The zero-order valence-corrected chi connectivity index (χ0v) is 13.7. The number of hydrogen-bond donors (Lipinski definition) is 8. The maximum Gasteiger partial charge on any atom is 0.249 e. The zero-order valence-electron chi connectivity index (χ0n) is 12.8. The third-order valence-electron chi connectivity index (χ3n) is 0. The summed E-state index contributed by atoms with van der Waals surface area (Å²) in [7, 11) is -2.92. The first-order chi connectivity index (χ1) is 4.88. The van der Waals surface area contributed by atoms with Crippen molar-refractivity contribution in [2.75, 3.05) is 0 Å². The highest BCUT2D eigenvalue weighted by Crippen LogP contribution is 1.32. The standard InChI is InChI=1S/CNO.CH2O3.BO3.7H3N.H2O.H2S/c2-1-3;2*2-1(3)4;;;;;;;;;/h;(H2,2,3,4);;7*1H3;2*1H2/q-1;;-3;;;;;;;;;/p+4. The SMILES string of the molecule is O=C([O-])O.[N-]=C=O.[NH4+].[NH4+].[NH4+].[NH4+].[NH4+].[NH4+].[NH4+].[O-]B([O-])[O-].[OH-].[SH-]. The average Bonchev–Trinajstić information content (AvgIpc) is 1.60. The first-order valence-corrected chi connectivity index (χ1v) is 1.77. The van der Waals surface area contributed by atoms with E-state index in [4.69, 9.17) is 40.3 Å². The third kappa shape index (κ3) is 2150. The molecule has 0 radical (unpaired) electrons. The van der Waals surface area contributed by atoms with Crippen LogP contribution in [0.2, 0.25) is 0 Å². The molecule has 0 aliphatic rings. The first-order valence-electron chi connectivity index (χ1n) is 1.77. The van der Waals surface area contributed by atoms with Crippen LogP contribution in [0.5, 0.6) is 0 Å². The Morgan fingerprint density at radius 3 is 0.950 bits per heavy atom. The van der Waals surface area contributed by atoms with Crippen molar-refractivity contribution in [1.82, 2.24) is 43.1 Å². The van der Waals surface area contributed by atoms with Gasteiger partial charge >= 0.3 is 0 Å². The number of quaternary nitrogens is 7. The fraction of sp³-hybridized carbons (Fsp3) is 0. The van der Waals surface area contributed by atoms with E-state index >= 15 is 0 Å². The Morgan fingerprint density at radius 2 is 0.950 bits per heavy atom. The summed E-state index contributed by atoms with van der Waals surface area (Å²) in [6, 6.07) is 0. The number of thiol groups is 1. The third-order valence-corrected chi connectivity index (χ3v) is 0. The summed E-state index contributed by atoms with van der Waals surface area (Å²) in [5.41, 5.74) is 0. The van der Waals surface area contributed by atoms with Crippen molar-refractivity contribution < 1.29 is 40.4 Å². The van der Waals surface area contributed by atoms with E-state index in [9.17, 15) is 0 Å². The van der Waals surface area contributed by atoms with Crippen LogP contribution >= 0.6 is 0 Å². The smallest absolute Gasteiger partial charge is 0.249 e. The Hall–Kier alpha value is -1.38. The van der Waals surface area contributed by atoms with Crippen molar-refractivity contribution in [3.05, 3.63) is 5.41 Å². The second kappa shape index (κ2) is 154. The highest BCUT2D eigenvalue weighted by molar-refractivity contribution is 7.37. The Kier molecular flexibility index (Phi) is 1010. The first kappa shape index (κ1) is 132. The minimum atomic E-state index is -2.92. The number of hydrogen-bond acceptors (Lipinski definition) is 8. The minimum absolute atomic E-state index is 0. The number of rotatable bonds is 0. The van der Waals surface area contributed by atoms with Crippen LogP contribution in [-0.2, 0) is 18.3 Å². The Morgan fingerprint density at radius 1 is 0.950 bits per heavy atom. The molecular weight excluding hydrogens is 307 g/mol. The molecule has 18 heteroatoms. The van der Waals surface area contributed by atoms with Gasteiger partial charge in [0.2, 0.25) is 6.16 Å². The molecule has 0 aromatic heterocycles. The molecule has 0 atom stereocenters. The van der Waals surface area contributed by atoms with Crippen molar-refractivity contribution in [2.45, 2.75) is 0 Å². The maximum absolute atomic E-state index is 8.44. The molecular formula is C2H31BN8O8S. The molecule has 0 aromatic carbocycles. The van der Waals surface area contributed by atoms with Crippen LogP contribution in [-0.4, -0.2) is 30.1 Å². The second-order valence-electron chi connectivity index (χ2n) is 0.646. The van der Waals surface area contributed by atoms with Crippen molar-refractivity contribution in [3.63, 3.8) is 0 Å². The zero-order chi connectivity index (χ0) is 9.86. The molecule has 16 nitrogen and oxygen atoms in total. The van der Waals surface area contributed by atoms with E-state index in [1.165, 1.54) is 0 Å². The van der Waals surface area contributed by atoms with Gasteiger partial charge in [-0.25, -0.2) is 0 Å². The van der Waals surface area contributed by atoms with E-state index in [1.807, 2.05) is 0 Å². The van der Waals surface area contributed by atoms with Gasteiger partial charge in [-0.1, -0.05) is 0 Å². The predicted octanol–water partition coefficient (Wildman–Crippen LogP) is -2.98. The molecule has 136 valence electrons. The molecule has 0 fully saturated rings. The van der Waals surface area contributed by atoms with Crippen molar-refractivity contribution in [1.29, 1.82) is 0 Å². The van der Waals surface area contributed by atoms with Gasteiger partial charge in [0.05, 0.1) is 0 Å². The van der Waals surface area contributed by atoms with Gasteiger partial charge in [0, 0.05) is 0 Å². The topological polar surface area (TPSA) is 454 Å². The molecule has 0 aliphatic carbocycles. The summed E-state index contributed by atoms with van der Waals surface area (Å²) < 4.78 is 0. The highest BCUT2D eigenvalue weighted by atomic mass is 32.1. The van der Waals surface area contributed by atoms with E-state index in [1.54, 1.807) is 0 Å². The summed E-state index contributed by atoms with van der Waals surface area (Å²) >= 11 is 0. The van der Waals surface area contributed by atoms with Crippen LogP contribution in [0.25, 0.3) is 5.41 Å². The second-order valence-corrected chi connectivity index (χ2v) is 0.646. The monoisotopic (exact) mass is 338 g/mol. The Labute approximate surface area is 123 Å². The molecule has 0 unspecified atom stereocenters. The fourth-order valence-corrected chi connectivity index (χ4v) is 0. The van der Waals surface area contributed by atoms with Gasteiger partial charge in [-0.2, -0.15) is 0 Å². The number of carboxylic acid groups (broad SMARTS) is 2. The highest BCUT2D eigenvalue weighted by Gasteiger charge is 1.51. The molecule has 0 bridgehead atoms. The van der Waals surface area contributed by atoms with Crippen LogP contribution in [0, 0.1) is 0 Å². The summed E-state index contributed by atoms with van der Waals surface area (Å²) in [4.78, 5) is 16.7. The van der Waals surface area contributed by atoms with Crippen molar-refractivity contribution in [3.8, 4) is 0 Å². The number of carbonyl (C=O) groups excluding carboxylic acids is 1. The molecule has 0 aliphatic heterocycles. The van der Waals surface area contributed by atoms with E-state index in [0.717, 1.165) is 0 Å². The molecule has 0 heterocycles. The van der Waals surface area contributed by atoms with E-state index in [0.29, 0.717) is 6.08 Å². The molecule has 0 amide bonds. The Balaban J connectivity index is -0.00000000394. The summed E-state index contributed by atoms with van der Waals surface area (Å²) in [5.74, 6) is 0. The summed E-state index contributed by atoms with van der Waals surface area (Å²) in [5, 5.41) is 47.3. The van der Waals surface area contributed by atoms with Crippen LogP contribution in [0.4, 0.5) is 4.79 Å². The lowest BCUT2D eigenvalue weighted by molar-refractivity contribution is -0.479. The Bertz CT molecular complexity index is 131. The predicted molar refractivity (Wildman–Crippen MR) is 75.4 cm³/mol. The quantitative estimate of drug-likeness (QED) is 0.0731. The molecule has 0 aromatic rings. The molecule has 0 rings (SSSR count). The lowest BCUT2D eigenvalue weighted by Crippen LogP contribution is -2.56. The van der Waals surface area contributed by atoms with Gasteiger partial charge in [-0.15, -0.1) is 0 Å². The van der Waals surface area contributed by atoms with Crippen molar-refractivity contribution in [2.24, 2.45) is 0 Å². The lowest BCUT2D eigenvalue weighted by atomic mass is 10.3. The van der Waals surface area contributed by atoms with E-state index in [-0.39, 0.29) is 62.0 Å². The number of isocyanates is 1. The lowest BCUT2D eigenvalue weighted by Gasteiger charge is -2.35. The van der Waals surface area contributed by atoms with Crippen molar-refractivity contribution >= 4 is 33.1 Å². The molecule has 0 saturated carbocycles. The number of carbonyl (C=O) groups is 1. The van der Waals surface area contributed by atoms with Gasteiger partial charge in [-0.05, 0) is 6.08 Å². The van der Waals surface area contributed by atoms with Gasteiger partial charge in [0.15, 0.2) is 0 Å². The van der Waals surface area contributed by atoms with Gasteiger partial charge in [0.25, 0.3) is 0 Å². The van der Waals surface area contributed by atoms with Crippen LogP contribution in [0.1, 0.15) is 0 Å². The number of nitrogens with zero attached hydrogens (tertiary/aromatic N) is 1. The molecule has 0 spiro atoms. The fourth-order valence-electron chi connectivity index (χ4n) is 0. The average molecular weight is 338 g/mol. The van der Waals surface area contributed by atoms with Crippen LogP contribution in [0.15, 0.2) is 0 Å². The van der Waals surface area contributed by atoms with Gasteiger partial charge in [-0.3, -0.25) is 12.1 Å². The summed E-state index contributed by atoms with van der Waals surface area (Å²) in [6.07, 6.45) is -1.58. The normalized spacial score (nSPS) is 2.95. The van der Waals surface area contributed by atoms with Gasteiger partial charge in [0.1, 0.15) is 0 Å². The molecule has 30 N–H and O–H groups in total. The molecule has 20 heavy (non-hydrogen) atoms. The van der Waals surface area contributed by atoms with Crippen LogP contribution in [0.3, 0.4) is 0 Å². The largest absolute Gasteiger partial charge is 0.907 e. The summed E-state index contributed by atoms with van der Waals surface area (Å²) in [6.45, 7) is 0. The van der Waals surface area contributed by atoms with Gasteiger partial charge < -0.3 is 97.5 Å². The van der Waals surface area contributed by atoms with E-state index < -0.39 is 13.5 Å². The van der Waals surface area contributed by atoms with Crippen LogP contribution < -0.4 is 63.2 Å².